The molecule has 0 bridgehead atoms. The van der Waals surface area contributed by atoms with Crippen molar-refractivity contribution in [1.82, 2.24) is 10.4 Å². The third kappa shape index (κ3) is 2.80. The van der Waals surface area contributed by atoms with Crippen LogP contribution in [0.3, 0.4) is 0 Å². The number of amides is 1. The Kier molecular flexibility index (Phi) is 3.71. The minimum atomic E-state index is -0.268. The lowest BCUT2D eigenvalue weighted by atomic mass is 10.2. The summed E-state index contributed by atoms with van der Waals surface area (Å²) in [6.07, 6.45) is 3.19. The topological polar surface area (TPSA) is 57.2 Å². The van der Waals surface area contributed by atoms with E-state index < -0.39 is 0 Å². The number of carbonyl (C=O) groups is 1. The molecule has 0 saturated carbocycles. The van der Waals surface area contributed by atoms with Crippen molar-refractivity contribution in [2.45, 2.75) is 0 Å². The molecule has 0 aliphatic heterocycles. The zero-order chi connectivity index (χ0) is 14.7. The molecule has 0 fully saturated rings. The molecule has 1 aromatic heterocycles. The van der Waals surface area contributed by atoms with Gasteiger partial charge in [-0.25, -0.2) is 5.43 Å². The Morgan fingerprint density at radius 3 is 2.76 bits per heavy atom. The maximum absolute atomic E-state index is 12.1. The summed E-state index contributed by atoms with van der Waals surface area (Å²) in [5.41, 5.74) is 4.73. The number of benzene rings is 2. The van der Waals surface area contributed by atoms with E-state index in [2.05, 4.69) is 15.5 Å². The van der Waals surface area contributed by atoms with Gasteiger partial charge in [0.25, 0.3) is 5.91 Å². The molecule has 4 nitrogen and oxygen atoms in total. The lowest BCUT2D eigenvalue weighted by molar-refractivity contribution is 0.0957. The first-order valence-corrected chi connectivity index (χ1v) is 6.77. The van der Waals surface area contributed by atoms with Crippen LogP contribution in [-0.4, -0.2) is 17.1 Å². The van der Waals surface area contributed by atoms with Crippen LogP contribution in [-0.2, 0) is 0 Å². The van der Waals surface area contributed by atoms with Crippen LogP contribution in [0.4, 0.5) is 0 Å². The number of aromatic amines is 1. The predicted octanol–water partition coefficient (Wildman–Crippen LogP) is 3.59. The Labute approximate surface area is 126 Å². The fourth-order valence-corrected chi connectivity index (χ4v) is 2.24. The Morgan fingerprint density at radius 2 is 1.90 bits per heavy atom. The molecule has 0 spiro atoms. The third-order valence-electron chi connectivity index (χ3n) is 3.11. The second-order valence-corrected chi connectivity index (χ2v) is 4.88. The van der Waals surface area contributed by atoms with E-state index >= 15 is 0 Å². The van der Waals surface area contributed by atoms with Crippen LogP contribution in [0.15, 0.2) is 59.8 Å². The second kappa shape index (κ2) is 5.81. The number of hydrazone groups is 1. The van der Waals surface area contributed by atoms with Gasteiger partial charge in [-0.2, -0.15) is 5.10 Å². The largest absolute Gasteiger partial charge is 0.360 e. The van der Waals surface area contributed by atoms with E-state index in [1.165, 1.54) is 6.21 Å². The van der Waals surface area contributed by atoms with Crippen molar-refractivity contribution in [1.29, 1.82) is 0 Å². The van der Waals surface area contributed by atoms with Gasteiger partial charge in [0.2, 0.25) is 0 Å². The molecule has 5 heteroatoms. The van der Waals surface area contributed by atoms with Crippen molar-refractivity contribution >= 4 is 34.6 Å². The number of H-pyrrole nitrogens is 1. The van der Waals surface area contributed by atoms with Gasteiger partial charge in [-0.15, -0.1) is 0 Å². The summed E-state index contributed by atoms with van der Waals surface area (Å²) < 4.78 is 0. The fraction of sp³-hybridized carbons (Fsp3) is 0. The van der Waals surface area contributed by atoms with E-state index in [4.69, 9.17) is 11.6 Å². The first kappa shape index (κ1) is 13.4. The maximum Gasteiger partial charge on any atom is 0.273 e. The third-order valence-corrected chi connectivity index (χ3v) is 3.45. The lowest BCUT2D eigenvalue weighted by Crippen LogP contribution is -2.17. The number of aromatic nitrogens is 1. The van der Waals surface area contributed by atoms with Gasteiger partial charge in [-0.3, -0.25) is 4.79 Å². The molecule has 0 unspecified atom stereocenters. The lowest BCUT2D eigenvalue weighted by Gasteiger charge is -1.99. The molecular weight excluding hydrogens is 286 g/mol. The average Bonchev–Trinajstić information content (AvgIpc) is 2.93. The highest BCUT2D eigenvalue weighted by Gasteiger charge is 2.10. The zero-order valence-electron chi connectivity index (χ0n) is 11.0. The van der Waals surface area contributed by atoms with E-state index in [1.54, 1.807) is 12.3 Å². The molecule has 0 aliphatic rings. The first-order chi connectivity index (χ1) is 10.3. The number of fused-ring (bicyclic) bond motifs is 1. The summed E-state index contributed by atoms with van der Waals surface area (Å²) >= 11 is 6.01. The second-order valence-electron chi connectivity index (χ2n) is 4.47. The highest BCUT2D eigenvalue weighted by Crippen LogP contribution is 2.17. The molecule has 0 aliphatic carbocycles. The van der Waals surface area contributed by atoms with E-state index in [0.29, 0.717) is 10.6 Å². The summed E-state index contributed by atoms with van der Waals surface area (Å²) in [6.45, 7) is 0. The van der Waals surface area contributed by atoms with Gasteiger partial charge < -0.3 is 4.98 Å². The summed E-state index contributed by atoms with van der Waals surface area (Å²) in [5, 5.41) is 5.39. The minimum absolute atomic E-state index is 0.268. The molecule has 21 heavy (non-hydrogen) atoms. The molecule has 3 aromatic rings. The van der Waals surface area contributed by atoms with Gasteiger partial charge in [-0.05, 0) is 12.1 Å². The molecule has 104 valence electrons. The maximum atomic E-state index is 12.1. The fourth-order valence-electron chi connectivity index (χ4n) is 2.06. The Balaban J connectivity index is 1.77. The van der Waals surface area contributed by atoms with Crippen LogP contribution in [0.1, 0.15) is 15.9 Å². The molecule has 0 saturated heterocycles. The van der Waals surface area contributed by atoms with E-state index in [9.17, 15) is 4.79 Å². The van der Waals surface area contributed by atoms with Gasteiger partial charge in [0.05, 0.1) is 11.8 Å². The highest BCUT2D eigenvalue weighted by molar-refractivity contribution is 6.33. The van der Waals surface area contributed by atoms with E-state index in [-0.39, 0.29) is 5.91 Å². The number of carbonyl (C=O) groups excluding carboxylic acids is 1. The van der Waals surface area contributed by atoms with Crippen molar-refractivity contribution in [3.8, 4) is 0 Å². The number of hydrogen-bond donors (Lipinski definition) is 2. The SMILES string of the molecule is O=C(N/N=C\c1ccccc1Cl)c1c[nH]c2ccccc12. The summed E-state index contributed by atoms with van der Waals surface area (Å²) in [6, 6.07) is 14.9. The van der Waals surface area contributed by atoms with Gasteiger partial charge in [0.15, 0.2) is 0 Å². The van der Waals surface area contributed by atoms with Crippen LogP contribution >= 0.6 is 11.6 Å². The Bertz CT molecular complexity index is 823. The van der Waals surface area contributed by atoms with Crippen molar-refractivity contribution in [2.24, 2.45) is 5.10 Å². The van der Waals surface area contributed by atoms with Crippen LogP contribution in [0.5, 0.6) is 0 Å². The first-order valence-electron chi connectivity index (χ1n) is 6.40. The number of rotatable bonds is 3. The Morgan fingerprint density at radius 1 is 1.14 bits per heavy atom. The zero-order valence-corrected chi connectivity index (χ0v) is 11.8. The number of halogens is 1. The smallest absolute Gasteiger partial charge is 0.273 e. The molecule has 1 heterocycles. The molecular formula is C16H12ClN3O. The average molecular weight is 298 g/mol. The highest BCUT2D eigenvalue weighted by atomic mass is 35.5. The summed E-state index contributed by atoms with van der Waals surface area (Å²) in [5.74, 6) is -0.268. The number of hydrogen-bond acceptors (Lipinski definition) is 2. The summed E-state index contributed by atoms with van der Waals surface area (Å²) in [7, 11) is 0. The van der Waals surface area contributed by atoms with E-state index in [1.807, 2.05) is 42.5 Å². The Hall–Kier alpha value is -2.59. The number of para-hydroxylation sites is 1. The molecule has 0 atom stereocenters. The number of nitrogens with zero attached hydrogens (tertiary/aromatic N) is 1. The van der Waals surface area contributed by atoms with Crippen molar-refractivity contribution in [2.75, 3.05) is 0 Å². The standard InChI is InChI=1S/C16H12ClN3O/c17-14-7-3-1-5-11(14)9-19-20-16(21)13-10-18-15-8-4-2-6-12(13)15/h1-10,18H,(H,20,21)/b19-9-. The predicted molar refractivity (Wildman–Crippen MR) is 84.8 cm³/mol. The minimum Gasteiger partial charge on any atom is -0.360 e. The van der Waals surface area contributed by atoms with Crippen molar-refractivity contribution < 1.29 is 4.79 Å². The van der Waals surface area contributed by atoms with Crippen LogP contribution in [0.2, 0.25) is 5.02 Å². The summed E-state index contributed by atoms with van der Waals surface area (Å²) in [4.78, 5) is 15.2. The van der Waals surface area contributed by atoms with Gasteiger partial charge in [0, 0.05) is 27.7 Å². The van der Waals surface area contributed by atoms with E-state index in [0.717, 1.165) is 16.5 Å². The van der Waals surface area contributed by atoms with Gasteiger partial charge in [0.1, 0.15) is 0 Å². The molecule has 1 amide bonds. The molecule has 3 rings (SSSR count). The number of nitrogens with one attached hydrogen (secondary N) is 2. The van der Waals surface area contributed by atoms with Gasteiger partial charge in [-0.1, -0.05) is 48.0 Å². The molecule has 2 aromatic carbocycles. The van der Waals surface area contributed by atoms with Crippen molar-refractivity contribution in [3.63, 3.8) is 0 Å². The van der Waals surface area contributed by atoms with Crippen LogP contribution in [0, 0.1) is 0 Å². The van der Waals surface area contributed by atoms with Crippen LogP contribution < -0.4 is 5.43 Å². The molecule has 2 N–H and O–H groups in total. The quantitative estimate of drug-likeness (QED) is 0.563. The van der Waals surface area contributed by atoms with Crippen molar-refractivity contribution in [3.05, 3.63) is 70.9 Å². The van der Waals surface area contributed by atoms with Gasteiger partial charge >= 0.3 is 0 Å². The van der Waals surface area contributed by atoms with Crippen LogP contribution in [0.25, 0.3) is 10.9 Å². The molecule has 0 radical (unpaired) electrons. The monoisotopic (exact) mass is 297 g/mol. The normalized spacial score (nSPS) is 11.1.